The summed E-state index contributed by atoms with van der Waals surface area (Å²) in [6.45, 7) is 1.42. The third kappa shape index (κ3) is 2.42. The number of carbonyl (C=O) groups excluding carboxylic acids is 1. The van der Waals surface area contributed by atoms with E-state index in [-0.39, 0.29) is 22.8 Å². The smallest absolute Gasteiger partial charge is 0.161 e. The number of phenols is 1. The van der Waals surface area contributed by atoms with Crippen molar-refractivity contribution in [2.75, 3.05) is 7.11 Å². The Bertz CT molecular complexity index is 635. The van der Waals surface area contributed by atoms with Gasteiger partial charge in [0.15, 0.2) is 17.3 Å². The van der Waals surface area contributed by atoms with Gasteiger partial charge in [0.25, 0.3) is 0 Å². The van der Waals surface area contributed by atoms with Gasteiger partial charge >= 0.3 is 0 Å². The fourth-order valence-electron chi connectivity index (χ4n) is 1.94. The van der Waals surface area contributed by atoms with E-state index in [2.05, 4.69) is 0 Å². The maximum Gasteiger partial charge on any atom is 0.161 e. The van der Waals surface area contributed by atoms with Gasteiger partial charge in [-0.05, 0) is 18.6 Å². The minimum Gasteiger partial charge on any atom is -0.504 e. The predicted octanol–water partition coefficient (Wildman–Crippen LogP) is 3.41. The van der Waals surface area contributed by atoms with Crippen LogP contribution in [0.1, 0.15) is 17.3 Å². The number of halogens is 1. The van der Waals surface area contributed by atoms with Crippen LogP contribution in [0.25, 0.3) is 11.1 Å². The van der Waals surface area contributed by atoms with E-state index < -0.39 is 5.82 Å². The molecular formula is C15H13FO3. The van der Waals surface area contributed by atoms with Crippen molar-refractivity contribution in [2.45, 2.75) is 6.92 Å². The molecule has 2 rings (SSSR count). The first kappa shape index (κ1) is 13.1. The molecule has 2 aromatic rings. The van der Waals surface area contributed by atoms with E-state index in [9.17, 15) is 14.3 Å². The van der Waals surface area contributed by atoms with Gasteiger partial charge in [-0.25, -0.2) is 4.39 Å². The lowest BCUT2D eigenvalue weighted by Crippen LogP contribution is -1.98. The first-order valence-corrected chi connectivity index (χ1v) is 5.71. The number of aromatic hydroxyl groups is 1. The van der Waals surface area contributed by atoms with Gasteiger partial charge in [-0.15, -0.1) is 0 Å². The highest BCUT2D eigenvalue weighted by Crippen LogP contribution is 2.35. The fraction of sp³-hybridized carbons (Fsp3) is 0.133. The molecule has 2 aromatic carbocycles. The minimum atomic E-state index is -0.605. The molecule has 0 bridgehead atoms. The molecule has 0 aliphatic carbocycles. The first-order valence-electron chi connectivity index (χ1n) is 5.71. The van der Waals surface area contributed by atoms with E-state index >= 15 is 0 Å². The van der Waals surface area contributed by atoms with Gasteiger partial charge in [-0.3, -0.25) is 4.79 Å². The lowest BCUT2D eigenvalue weighted by atomic mass is 9.97. The maximum absolute atomic E-state index is 14.0. The van der Waals surface area contributed by atoms with Crippen molar-refractivity contribution in [3.63, 3.8) is 0 Å². The van der Waals surface area contributed by atoms with Crippen molar-refractivity contribution in [1.29, 1.82) is 0 Å². The number of carbonyl (C=O) groups is 1. The number of hydrogen-bond donors (Lipinski definition) is 1. The van der Waals surface area contributed by atoms with E-state index in [1.54, 1.807) is 24.3 Å². The van der Waals surface area contributed by atoms with Crippen LogP contribution in [-0.4, -0.2) is 18.0 Å². The molecule has 1 N–H and O–H groups in total. The maximum atomic E-state index is 14.0. The lowest BCUT2D eigenvalue weighted by molar-refractivity contribution is 0.101. The molecule has 0 aromatic heterocycles. The van der Waals surface area contributed by atoms with E-state index in [1.807, 2.05) is 0 Å². The summed E-state index contributed by atoms with van der Waals surface area (Å²) in [6.07, 6.45) is 0. The zero-order valence-corrected chi connectivity index (χ0v) is 10.6. The molecule has 4 heteroatoms. The molecule has 0 amide bonds. The van der Waals surface area contributed by atoms with Crippen molar-refractivity contribution >= 4 is 5.78 Å². The number of ether oxygens (including phenoxy) is 1. The Kier molecular flexibility index (Phi) is 3.51. The molecule has 0 aliphatic rings. The highest BCUT2D eigenvalue weighted by Gasteiger charge is 2.15. The van der Waals surface area contributed by atoms with Crippen molar-refractivity contribution in [2.24, 2.45) is 0 Å². The molecule has 0 unspecified atom stereocenters. The predicted molar refractivity (Wildman–Crippen MR) is 70.1 cm³/mol. The van der Waals surface area contributed by atoms with Crippen molar-refractivity contribution in [1.82, 2.24) is 0 Å². The summed E-state index contributed by atoms with van der Waals surface area (Å²) < 4.78 is 18.9. The number of hydrogen-bond acceptors (Lipinski definition) is 3. The number of phenolic OH excluding ortho intramolecular Hbond substituents is 1. The van der Waals surface area contributed by atoms with Crippen LogP contribution in [0, 0.1) is 5.82 Å². The second kappa shape index (κ2) is 5.10. The van der Waals surface area contributed by atoms with Gasteiger partial charge in [0.05, 0.1) is 7.11 Å². The van der Waals surface area contributed by atoms with Crippen LogP contribution in [0.15, 0.2) is 36.4 Å². The summed E-state index contributed by atoms with van der Waals surface area (Å²) in [5.41, 5.74) is 1.13. The quantitative estimate of drug-likeness (QED) is 0.860. The van der Waals surface area contributed by atoms with E-state index in [1.165, 1.54) is 20.1 Å². The number of benzene rings is 2. The fourth-order valence-corrected chi connectivity index (χ4v) is 1.94. The monoisotopic (exact) mass is 260 g/mol. The van der Waals surface area contributed by atoms with Crippen molar-refractivity contribution < 1.29 is 19.0 Å². The van der Waals surface area contributed by atoms with Crippen LogP contribution in [0.3, 0.4) is 0 Å². The second-order valence-electron chi connectivity index (χ2n) is 4.11. The molecule has 0 radical (unpaired) electrons. The number of Topliss-reactive ketones (excluding diaryl/α,β-unsaturated/α-hetero) is 1. The molecule has 0 atom stereocenters. The topological polar surface area (TPSA) is 46.5 Å². The molecule has 98 valence electrons. The summed E-state index contributed by atoms with van der Waals surface area (Å²) in [5.74, 6) is -0.868. The molecule has 0 heterocycles. The largest absolute Gasteiger partial charge is 0.504 e. The highest BCUT2D eigenvalue weighted by atomic mass is 19.1. The third-order valence-corrected chi connectivity index (χ3v) is 2.87. The van der Waals surface area contributed by atoms with Crippen LogP contribution >= 0.6 is 0 Å². The molecule has 19 heavy (non-hydrogen) atoms. The second-order valence-corrected chi connectivity index (χ2v) is 4.11. The molecule has 0 aliphatic heterocycles. The van der Waals surface area contributed by atoms with Gasteiger partial charge in [0.1, 0.15) is 5.82 Å². The Balaban J connectivity index is 2.68. The number of rotatable bonds is 3. The summed E-state index contributed by atoms with van der Waals surface area (Å²) in [5, 5.41) is 9.51. The van der Waals surface area contributed by atoms with Crippen LogP contribution in [-0.2, 0) is 0 Å². The first-order chi connectivity index (χ1) is 9.04. The van der Waals surface area contributed by atoms with Gasteiger partial charge in [-0.1, -0.05) is 24.3 Å². The van der Waals surface area contributed by atoms with Crippen LogP contribution < -0.4 is 4.74 Å². The average molecular weight is 260 g/mol. The van der Waals surface area contributed by atoms with Gasteiger partial charge in [0, 0.05) is 17.2 Å². The normalized spacial score (nSPS) is 10.3. The molecular weight excluding hydrogens is 247 g/mol. The lowest BCUT2D eigenvalue weighted by Gasteiger charge is -2.11. The minimum absolute atomic E-state index is 0.151. The zero-order valence-electron chi connectivity index (χ0n) is 10.6. The Morgan fingerprint density at radius 2 is 1.89 bits per heavy atom. The Hall–Kier alpha value is -2.36. The Labute approximate surface area is 110 Å². The molecule has 0 fully saturated rings. The summed E-state index contributed by atoms with van der Waals surface area (Å²) in [4.78, 5) is 11.6. The van der Waals surface area contributed by atoms with Crippen molar-refractivity contribution in [3.8, 4) is 22.6 Å². The summed E-state index contributed by atoms with van der Waals surface area (Å²) in [6, 6.07) is 9.09. The average Bonchev–Trinajstić information content (AvgIpc) is 2.39. The highest BCUT2D eigenvalue weighted by molar-refractivity contribution is 6.01. The van der Waals surface area contributed by atoms with E-state index in [0.717, 1.165) is 6.07 Å². The van der Waals surface area contributed by atoms with Crippen LogP contribution in [0.5, 0.6) is 11.5 Å². The van der Waals surface area contributed by atoms with Gasteiger partial charge in [-0.2, -0.15) is 0 Å². The van der Waals surface area contributed by atoms with E-state index in [4.69, 9.17) is 4.74 Å². The van der Waals surface area contributed by atoms with Crippen LogP contribution in [0.4, 0.5) is 4.39 Å². The molecule has 0 saturated carbocycles. The van der Waals surface area contributed by atoms with Gasteiger partial charge in [0.2, 0.25) is 0 Å². The number of ketones is 1. The summed E-state index contributed by atoms with van der Waals surface area (Å²) >= 11 is 0. The zero-order chi connectivity index (χ0) is 14.0. The third-order valence-electron chi connectivity index (χ3n) is 2.87. The summed E-state index contributed by atoms with van der Waals surface area (Å²) in [7, 11) is 1.38. The molecule has 0 spiro atoms. The van der Waals surface area contributed by atoms with Crippen LogP contribution in [0.2, 0.25) is 0 Å². The van der Waals surface area contributed by atoms with Crippen molar-refractivity contribution in [3.05, 3.63) is 47.8 Å². The molecule has 0 saturated heterocycles. The Morgan fingerprint density at radius 3 is 2.53 bits per heavy atom. The van der Waals surface area contributed by atoms with E-state index in [0.29, 0.717) is 11.1 Å². The Morgan fingerprint density at radius 1 is 1.21 bits per heavy atom. The standard InChI is InChI=1S/C15H13FO3/c1-9(17)10-5-3-4-6-11(10)12-7-15(19-2)14(18)8-13(12)16/h3-8,18H,1-2H3. The van der Waals surface area contributed by atoms with Gasteiger partial charge < -0.3 is 9.84 Å². The SMILES string of the molecule is COc1cc(-c2ccccc2C(C)=O)c(F)cc1O. The number of methoxy groups -OCH3 is 1. The molecule has 3 nitrogen and oxygen atoms in total.